The van der Waals surface area contributed by atoms with E-state index in [0.29, 0.717) is 22.5 Å². The lowest BCUT2D eigenvalue weighted by molar-refractivity contribution is -0.384. The molecule has 0 saturated carbocycles. The van der Waals surface area contributed by atoms with E-state index in [1.54, 1.807) is 18.2 Å². The van der Waals surface area contributed by atoms with Crippen LogP contribution < -0.4 is 11.0 Å². The number of aromatic nitrogens is 3. The molecule has 0 amide bonds. The molecule has 0 atom stereocenters. The van der Waals surface area contributed by atoms with Crippen LogP contribution in [0.2, 0.25) is 0 Å². The minimum atomic E-state index is -0.462. The van der Waals surface area contributed by atoms with E-state index in [9.17, 15) is 14.9 Å². The standard InChI is InChI=1S/C12H9N5O3/c18-12-15-10-5-8(6-13-11(10)16-12)14-7-2-1-3-9(4-7)17(19)20/h1-6,14H,(H2,13,15,16,18). The molecule has 0 unspecified atom stereocenters. The van der Waals surface area contributed by atoms with Crippen LogP contribution in [0.25, 0.3) is 11.2 Å². The molecule has 1 aromatic carbocycles. The topological polar surface area (TPSA) is 117 Å². The number of pyridine rings is 1. The van der Waals surface area contributed by atoms with E-state index in [4.69, 9.17) is 0 Å². The van der Waals surface area contributed by atoms with E-state index in [0.717, 1.165) is 0 Å². The first-order valence-corrected chi connectivity index (χ1v) is 5.71. The number of nitro groups is 1. The number of benzene rings is 1. The molecule has 0 aliphatic carbocycles. The van der Waals surface area contributed by atoms with Gasteiger partial charge in [-0.25, -0.2) is 9.78 Å². The fraction of sp³-hybridized carbons (Fsp3) is 0. The lowest BCUT2D eigenvalue weighted by Crippen LogP contribution is -1.99. The minimum absolute atomic E-state index is 0.000844. The average molecular weight is 271 g/mol. The zero-order chi connectivity index (χ0) is 14.1. The molecule has 20 heavy (non-hydrogen) atoms. The number of non-ortho nitro benzene ring substituents is 1. The van der Waals surface area contributed by atoms with Crippen molar-refractivity contribution in [3.05, 3.63) is 57.1 Å². The monoisotopic (exact) mass is 271 g/mol. The first-order chi connectivity index (χ1) is 9.61. The summed E-state index contributed by atoms with van der Waals surface area (Å²) < 4.78 is 0. The highest BCUT2D eigenvalue weighted by atomic mass is 16.6. The predicted molar refractivity (Wildman–Crippen MR) is 73.1 cm³/mol. The Morgan fingerprint density at radius 1 is 1.20 bits per heavy atom. The molecule has 100 valence electrons. The molecule has 3 aromatic rings. The summed E-state index contributed by atoms with van der Waals surface area (Å²) in [5.41, 5.74) is 1.87. The van der Waals surface area contributed by atoms with Gasteiger partial charge in [0.15, 0.2) is 5.65 Å². The SMILES string of the molecule is O=c1[nH]c2cc(Nc3cccc([N+](=O)[O-])c3)cnc2[nH]1. The van der Waals surface area contributed by atoms with Crippen LogP contribution in [-0.2, 0) is 0 Å². The summed E-state index contributed by atoms with van der Waals surface area (Å²) in [7, 11) is 0. The lowest BCUT2D eigenvalue weighted by Gasteiger charge is -2.05. The largest absolute Gasteiger partial charge is 0.354 e. The molecule has 0 aliphatic heterocycles. The van der Waals surface area contributed by atoms with Gasteiger partial charge in [-0.15, -0.1) is 0 Å². The number of nitro benzene ring substituents is 1. The van der Waals surface area contributed by atoms with Gasteiger partial charge in [-0.2, -0.15) is 0 Å². The van der Waals surface area contributed by atoms with Crippen LogP contribution in [0.5, 0.6) is 0 Å². The van der Waals surface area contributed by atoms with Gasteiger partial charge in [-0.1, -0.05) is 6.07 Å². The third-order valence-electron chi connectivity index (χ3n) is 2.71. The summed E-state index contributed by atoms with van der Waals surface area (Å²) in [4.78, 5) is 30.6. The van der Waals surface area contributed by atoms with Crippen molar-refractivity contribution in [3.63, 3.8) is 0 Å². The number of aromatic amines is 2. The molecule has 0 bridgehead atoms. The van der Waals surface area contributed by atoms with Crippen LogP contribution in [0.4, 0.5) is 17.1 Å². The molecular weight excluding hydrogens is 262 g/mol. The molecule has 0 aliphatic rings. The van der Waals surface area contributed by atoms with Crippen LogP contribution in [0.3, 0.4) is 0 Å². The Morgan fingerprint density at radius 2 is 2.05 bits per heavy atom. The highest BCUT2D eigenvalue weighted by Gasteiger charge is 2.06. The number of H-pyrrole nitrogens is 2. The van der Waals surface area contributed by atoms with Crippen molar-refractivity contribution in [2.24, 2.45) is 0 Å². The van der Waals surface area contributed by atoms with Crippen molar-refractivity contribution in [2.45, 2.75) is 0 Å². The minimum Gasteiger partial charge on any atom is -0.354 e. The van der Waals surface area contributed by atoms with E-state index in [1.165, 1.54) is 18.3 Å². The number of hydrogen-bond donors (Lipinski definition) is 3. The van der Waals surface area contributed by atoms with Gasteiger partial charge in [0.05, 0.1) is 22.3 Å². The zero-order valence-corrected chi connectivity index (χ0v) is 10.1. The molecule has 8 heteroatoms. The summed E-state index contributed by atoms with van der Waals surface area (Å²) in [6.45, 7) is 0. The van der Waals surface area contributed by atoms with E-state index in [2.05, 4.69) is 20.3 Å². The van der Waals surface area contributed by atoms with Gasteiger partial charge < -0.3 is 10.3 Å². The Kier molecular flexibility index (Phi) is 2.68. The van der Waals surface area contributed by atoms with Crippen molar-refractivity contribution < 1.29 is 4.92 Å². The Labute approximate surface area is 111 Å². The van der Waals surface area contributed by atoms with Crippen molar-refractivity contribution in [1.82, 2.24) is 15.0 Å². The first-order valence-electron chi connectivity index (χ1n) is 5.71. The molecule has 0 fully saturated rings. The number of nitrogens with one attached hydrogen (secondary N) is 3. The molecule has 0 saturated heterocycles. The van der Waals surface area contributed by atoms with E-state index < -0.39 is 4.92 Å². The van der Waals surface area contributed by atoms with Crippen LogP contribution in [0, 0.1) is 10.1 Å². The second-order valence-corrected chi connectivity index (χ2v) is 4.13. The molecule has 3 rings (SSSR count). The third-order valence-corrected chi connectivity index (χ3v) is 2.71. The summed E-state index contributed by atoms with van der Waals surface area (Å²) in [5, 5.41) is 13.7. The fourth-order valence-electron chi connectivity index (χ4n) is 1.85. The van der Waals surface area contributed by atoms with Crippen LogP contribution in [0.1, 0.15) is 0 Å². The Morgan fingerprint density at radius 3 is 2.85 bits per heavy atom. The van der Waals surface area contributed by atoms with Crippen LogP contribution >= 0.6 is 0 Å². The number of imidazole rings is 1. The third kappa shape index (κ3) is 2.21. The molecule has 0 radical (unpaired) electrons. The van der Waals surface area contributed by atoms with Gasteiger partial charge in [0.2, 0.25) is 0 Å². The van der Waals surface area contributed by atoms with E-state index >= 15 is 0 Å². The van der Waals surface area contributed by atoms with Gasteiger partial charge >= 0.3 is 5.69 Å². The van der Waals surface area contributed by atoms with Gasteiger partial charge in [-0.3, -0.25) is 15.1 Å². The van der Waals surface area contributed by atoms with Crippen molar-refractivity contribution in [2.75, 3.05) is 5.32 Å². The Balaban J connectivity index is 1.94. The number of anilines is 2. The normalized spacial score (nSPS) is 10.6. The maximum Gasteiger partial charge on any atom is 0.325 e. The molecule has 2 heterocycles. The maximum atomic E-state index is 11.1. The first kappa shape index (κ1) is 11.9. The summed E-state index contributed by atoms with van der Waals surface area (Å²) >= 11 is 0. The molecule has 2 aromatic heterocycles. The van der Waals surface area contributed by atoms with Gasteiger partial charge in [0, 0.05) is 17.8 Å². The van der Waals surface area contributed by atoms with E-state index in [-0.39, 0.29) is 11.4 Å². The Bertz CT molecular complexity index is 851. The summed E-state index contributed by atoms with van der Waals surface area (Å²) in [5.74, 6) is 0. The van der Waals surface area contributed by atoms with Crippen molar-refractivity contribution >= 4 is 28.2 Å². The number of nitrogens with zero attached hydrogens (tertiary/aromatic N) is 2. The van der Waals surface area contributed by atoms with Gasteiger partial charge in [0.1, 0.15) is 0 Å². The number of rotatable bonds is 3. The second-order valence-electron chi connectivity index (χ2n) is 4.13. The fourth-order valence-corrected chi connectivity index (χ4v) is 1.85. The molecule has 3 N–H and O–H groups in total. The average Bonchev–Trinajstić information content (AvgIpc) is 2.78. The molecule has 0 spiro atoms. The van der Waals surface area contributed by atoms with Crippen LogP contribution in [0.15, 0.2) is 41.3 Å². The Hall–Kier alpha value is -3.16. The smallest absolute Gasteiger partial charge is 0.325 e. The van der Waals surface area contributed by atoms with Gasteiger partial charge in [0.25, 0.3) is 5.69 Å². The predicted octanol–water partition coefficient (Wildman–Crippen LogP) is 1.90. The van der Waals surface area contributed by atoms with E-state index in [1.807, 2.05) is 0 Å². The highest BCUT2D eigenvalue weighted by molar-refractivity contribution is 5.76. The summed E-state index contributed by atoms with van der Waals surface area (Å²) in [6.07, 6.45) is 1.53. The molecule has 8 nitrogen and oxygen atoms in total. The highest BCUT2D eigenvalue weighted by Crippen LogP contribution is 2.22. The molecular formula is C12H9N5O3. The number of fused-ring (bicyclic) bond motifs is 1. The second kappa shape index (κ2) is 4.50. The van der Waals surface area contributed by atoms with Crippen molar-refractivity contribution in [3.8, 4) is 0 Å². The van der Waals surface area contributed by atoms with Crippen molar-refractivity contribution in [1.29, 1.82) is 0 Å². The number of hydrogen-bond acceptors (Lipinski definition) is 5. The van der Waals surface area contributed by atoms with Gasteiger partial charge in [-0.05, 0) is 12.1 Å². The maximum absolute atomic E-state index is 11.1. The zero-order valence-electron chi connectivity index (χ0n) is 10.1. The summed E-state index contributed by atoms with van der Waals surface area (Å²) in [6, 6.07) is 7.82. The lowest BCUT2D eigenvalue weighted by atomic mass is 10.2. The van der Waals surface area contributed by atoms with Crippen LogP contribution in [-0.4, -0.2) is 19.9 Å². The quantitative estimate of drug-likeness (QED) is 0.497.